The van der Waals surface area contributed by atoms with Crippen LogP contribution in [0.5, 0.6) is 5.75 Å². The van der Waals surface area contributed by atoms with Gasteiger partial charge in [-0.25, -0.2) is 0 Å². The molecule has 3 aromatic rings. The van der Waals surface area contributed by atoms with E-state index in [2.05, 4.69) is 11.4 Å². The third-order valence-electron chi connectivity index (χ3n) is 4.04. The second-order valence-corrected chi connectivity index (χ2v) is 6.40. The smallest absolute Gasteiger partial charge is 0.224 e. The van der Waals surface area contributed by atoms with Crippen LogP contribution in [0.1, 0.15) is 36.3 Å². The highest BCUT2D eigenvalue weighted by Crippen LogP contribution is 2.23. The summed E-state index contributed by atoms with van der Waals surface area (Å²) in [7, 11) is 0. The fourth-order valence-electron chi connectivity index (χ4n) is 2.88. The van der Waals surface area contributed by atoms with Gasteiger partial charge in [0.2, 0.25) is 5.91 Å². The van der Waals surface area contributed by atoms with Gasteiger partial charge in [-0.2, -0.15) is 0 Å². The van der Waals surface area contributed by atoms with Crippen LogP contribution in [0.3, 0.4) is 0 Å². The molecular weight excluding hydrogens is 314 g/mol. The van der Waals surface area contributed by atoms with Crippen molar-refractivity contribution in [2.45, 2.75) is 33.2 Å². The van der Waals surface area contributed by atoms with E-state index in [1.807, 2.05) is 63.2 Å². The minimum Gasteiger partial charge on any atom is -0.493 e. The number of nitrogens with one attached hydrogen (secondary N) is 1. The number of ether oxygens (including phenoxy) is 1. The van der Waals surface area contributed by atoms with E-state index in [1.54, 1.807) is 0 Å². The van der Waals surface area contributed by atoms with Crippen LogP contribution in [-0.2, 0) is 4.79 Å². The molecule has 1 N–H and O–H groups in total. The normalized spacial score (nSPS) is 12.1. The number of furan rings is 1. The Morgan fingerprint density at radius 1 is 1.12 bits per heavy atom. The monoisotopic (exact) mass is 337 g/mol. The lowest BCUT2D eigenvalue weighted by Gasteiger charge is -2.12. The van der Waals surface area contributed by atoms with Gasteiger partial charge in [0.15, 0.2) is 0 Å². The van der Waals surface area contributed by atoms with Gasteiger partial charge in [-0.1, -0.05) is 24.3 Å². The van der Waals surface area contributed by atoms with E-state index >= 15 is 0 Å². The van der Waals surface area contributed by atoms with E-state index in [0.29, 0.717) is 13.0 Å². The molecule has 0 aliphatic heterocycles. The van der Waals surface area contributed by atoms with Gasteiger partial charge in [-0.3, -0.25) is 4.79 Å². The Hall–Kier alpha value is -2.75. The van der Waals surface area contributed by atoms with Crippen LogP contribution in [0.15, 0.2) is 52.9 Å². The quantitative estimate of drug-likeness (QED) is 0.709. The number of aryl methyl sites for hydroxylation is 2. The molecule has 0 aliphatic carbocycles. The van der Waals surface area contributed by atoms with Crippen LogP contribution in [0.25, 0.3) is 11.0 Å². The maximum absolute atomic E-state index is 12.1. The van der Waals surface area contributed by atoms with E-state index < -0.39 is 0 Å². The van der Waals surface area contributed by atoms with E-state index in [0.717, 1.165) is 33.6 Å². The molecule has 4 nitrogen and oxygen atoms in total. The maximum Gasteiger partial charge on any atom is 0.224 e. The zero-order valence-corrected chi connectivity index (χ0v) is 14.8. The number of para-hydroxylation sites is 1. The third-order valence-corrected chi connectivity index (χ3v) is 4.04. The highest BCUT2D eigenvalue weighted by atomic mass is 16.5. The number of hydrogen-bond acceptors (Lipinski definition) is 3. The first-order valence-electron chi connectivity index (χ1n) is 8.50. The number of fused-ring (bicyclic) bond motifs is 1. The summed E-state index contributed by atoms with van der Waals surface area (Å²) in [6, 6.07) is 15.6. The fourth-order valence-corrected chi connectivity index (χ4v) is 2.88. The molecule has 0 spiro atoms. The van der Waals surface area contributed by atoms with Crippen molar-refractivity contribution in [3.63, 3.8) is 0 Å². The highest BCUT2D eigenvalue weighted by molar-refractivity contribution is 5.79. The second kappa shape index (κ2) is 7.43. The minimum atomic E-state index is -0.180. The van der Waals surface area contributed by atoms with E-state index in [9.17, 15) is 4.79 Å². The van der Waals surface area contributed by atoms with Crippen molar-refractivity contribution in [1.82, 2.24) is 5.32 Å². The van der Waals surface area contributed by atoms with Crippen LogP contribution in [-0.4, -0.2) is 12.5 Å². The molecule has 3 rings (SSSR count). The van der Waals surface area contributed by atoms with Crippen LogP contribution in [0.4, 0.5) is 0 Å². The van der Waals surface area contributed by atoms with Gasteiger partial charge in [0.05, 0.1) is 19.1 Å². The Kier molecular flexibility index (Phi) is 5.08. The molecule has 0 fully saturated rings. The zero-order chi connectivity index (χ0) is 17.8. The van der Waals surface area contributed by atoms with Crippen molar-refractivity contribution >= 4 is 16.9 Å². The molecule has 25 heavy (non-hydrogen) atoms. The van der Waals surface area contributed by atoms with Crippen molar-refractivity contribution < 1.29 is 13.9 Å². The predicted octanol–water partition coefficient (Wildman–Crippen LogP) is 4.70. The average Bonchev–Trinajstić information content (AvgIpc) is 2.98. The summed E-state index contributed by atoms with van der Waals surface area (Å²) in [4.78, 5) is 12.1. The van der Waals surface area contributed by atoms with Gasteiger partial charge in [0.25, 0.3) is 0 Å². The molecule has 0 saturated heterocycles. The molecule has 4 heteroatoms. The predicted molar refractivity (Wildman–Crippen MR) is 98.8 cm³/mol. The van der Waals surface area contributed by atoms with Crippen molar-refractivity contribution in [3.8, 4) is 5.75 Å². The van der Waals surface area contributed by atoms with Gasteiger partial charge in [0, 0.05) is 5.39 Å². The summed E-state index contributed by atoms with van der Waals surface area (Å²) >= 11 is 0. The summed E-state index contributed by atoms with van der Waals surface area (Å²) in [5.74, 6) is 1.50. The summed E-state index contributed by atoms with van der Waals surface area (Å²) in [6.07, 6.45) is 0.303. The van der Waals surface area contributed by atoms with Crippen molar-refractivity contribution in [1.29, 1.82) is 0 Å². The average molecular weight is 337 g/mol. The number of carbonyl (C=O) groups excluding carboxylic acids is 1. The lowest BCUT2D eigenvalue weighted by atomic mass is 10.1. The molecule has 0 aliphatic rings. The molecule has 1 heterocycles. The molecule has 0 bridgehead atoms. The Labute approximate surface area is 147 Å². The number of benzene rings is 2. The highest BCUT2D eigenvalue weighted by Gasteiger charge is 2.14. The first-order chi connectivity index (χ1) is 12.0. The third kappa shape index (κ3) is 4.41. The SMILES string of the molecule is Cc1cc(C)cc(OCCC(=O)NC(C)c2cc3ccccc3o2)c1. The van der Waals surface area contributed by atoms with E-state index in [4.69, 9.17) is 9.15 Å². The number of hydrogen-bond donors (Lipinski definition) is 1. The number of rotatable bonds is 6. The van der Waals surface area contributed by atoms with E-state index in [1.165, 1.54) is 0 Å². The molecular formula is C21H23NO3. The lowest BCUT2D eigenvalue weighted by molar-refractivity contribution is -0.122. The first kappa shape index (κ1) is 17.1. The first-order valence-corrected chi connectivity index (χ1v) is 8.50. The van der Waals surface area contributed by atoms with Gasteiger partial charge in [-0.05, 0) is 56.2 Å². The van der Waals surface area contributed by atoms with Gasteiger partial charge in [-0.15, -0.1) is 0 Å². The fraction of sp³-hybridized carbons (Fsp3) is 0.286. The van der Waals surface area contributed by atoms with Gasteiger partial charge in [0.1, 0.15) is 17.1 Å². The topological polar surface area (TPSA) is 51.5 Å². The van der Waals surface area contributed by atoms with Crippen molar-refractivity contribution in [3.05, 3.63) is 65.4 Å². The summed E-state index contributed by atoms with van der Waals surface area (Å²) in [5, 5.41) is 3.99. The Morgan fingerprint density at radius 3 is 2.56 bits per heavy atom. The molecule has 1 amide bonds. The number of amides is 1. The van der Waals surface area contributed by atoms with Gasteiger partial charge < -0.3 is 14.5 Å². The molecule has 1 aromatic heterocycles. The van der Waals surface area contributed by atoms with Crippen LogP contribution in [0.2, 0.25) is 0 Å². The Balaban J connectivity index is 1.51. The van der Waals surface area contributed by atoms with Crippen LogP contribution in [0, 0.1) is 13.8 Å². The largest absolute Gasteiger partial charge is 0.493 e. The lowest BCUT2D eigenvalue weighted by Crippen LogP contribution is -2.27. The molecule has 2 aromatic carbocycles. The maximum atomic E-state index is 12.1. The minimum absolute atomic E-state index is 0.0580. The van der Waals surface area contributed by atoms with Crippen molar-refractivity contribution in [2.75, 3.05) is 6.61 Å². The van der Waals surface area contributed by atoms with Gasteiger partial charge >= 0.3 is 0 Å². The van der Waals surface area contributed by atoms with Crippen molar-refractivity contribution in [2.24, 2.45) is 0 Å². The standard InChI is InChI=1S/C21H23NO3/c1-14-10-15(2)12-18(11-14)24-9-8-21(23)22-16(3)20-13-17-6-4-5-7-19(17)25-20/h4-7,10-13,16H,8-9H2,1-3H3,(H,22,23). The molecule has 130 valence electrons. The second-order valence-electron chi connectivity index (χ2n) is 6.40. The Bertz CT molecular complexity index is 828. The molecule has 0 radical (unpaired) electrons. The number of carbonyl (C=O) groups is 1. The summed E-state index contributed by atoms with van der Waals surface area (Å²) < 4.78 is 11.5. The van der Waals surface area contributed by atoms with E-state index in [-0.39, 0.29) is 11.9 Å². The molecule has 1 unspecified atom stereocenters. The molecule has 1 atom stereocenters. The molecule has 0 saturated carbocycles. The summed E-state index contributed by atoms with van der Waals surface area (Å²) in [5.41, 5.74) is 3.13. The van der Waals surface area contributed by atoms with Crippen LogP contribution < -0.4 is 10.1 Å². The summed E-state index contributed by atoms with van der Waals surface area (Å²) in [6.45, 7) is 6.32. The zero-order valence-electron chi connectivity index (χ0n) is 14.8. The Morgan fingerprint density at radius 2 is 1.84 bits per heavy atom. The van der Waals surface area contributed by atoms with Crippen LogP contribution >= 0.6 is 0 Å².